The van der Waals surface area contributed by atoms with Gasteiger partial charge in [0.1, 0.15) is 11.6 Å². The zero-order valence-electron chi connectivity index (χ0n) is 12.9. The summed E-state index contributed by atoms with van der Waals surface area (Å²) in [5.41, 5.74) is 1.70. The molecule has 0 radical (unpaired) electrons. The SMILES string of the molecule is CCc1ccc(OCCCC(=O)Nc2cccc(F)c2)c(Br)c1. The third-order valence-electron chi connectivity index (χ3n) is 3.32. The number of halogens is 2. The van der Waals surface area contributed by atoms with E-state index in [1.807, 2.05) is 18.2 Å². The van der Waals surface area contributed by atoms with Crippen LogP contribution in [0.5, 0.6) is 5.75 Å². The van der Waals surface area contributed by atoms with Gasteiger partial charge in [-0.05, 0) is 64.7 Å². The fraction of sp³-hybridized carbons (Fsp3) is 0.278. The van der Waals surface area contributed by atoms with Crippen molar-refractivity contribution in [2.45, 2.75) is 26.2 Å². The van der Waals surface area contributed by atoms with Crippen LogP contribution in [0.3, 0.4) is 0 Å². The summed E-state index contributed by atoms with van der Waals surface area (Å²) in [6, 6.07) is 11.8. The molecule has 0 aromatic heterocycles. The monoisotopic (exact) mass is 379 g/mol. The van der Waals surface area contributed by atoms with Gasteiger partial charge in [0.2, 0.25) is 5.91 Å². The van der Waals surface area contributed by atoms with Crippen LogP contribution < -0.4 is 10.1 Å². The van der Waals surface area contributed by atoms with Gasteiger partial charge in [-0.25, -0.2) is 4.39 Å². The molecule has 3 nitrogen and oxygen atoms in total. The van der Waals surface area contributed by atoms with E-state index in [0.717, 1.165) is 16.6 Å². The average Bonchev–Trinajstić information content (AvgIpc) is 2.52. The highest BCUT2D eigenvalue weighted by molar-refractivity contribution is 9.10. The first-order valence-electron chi connectivity index (χ1n) is 7.55. The highest BCUT2D eigenvalue weighted by Gasteiger charge is 2.05. The number of rotatable bonds is 7. The quantitative estimate of drug-likeness (QED) is 0.691. The Kier molecular flexibility index (Phi) is 6.59. The average molecular weight is 380 g/mol. The minimum absolute atomic E-state index is 0.153. The predicted octanol–water partition coefficient (Wildman–Crippen LogP) is 4.95. The third-order valence-corrected chi connectivity index (χ3v) is 3.94. The van der Waals surface area contributed by atoms with Crippen LogP contribution in [0, 0.1) is 5.82 Å². The van der Waals surface area contributed by atoms with E-state index < -0.39 is 0 Å². The number of nitrogens with one attached hydrogen (secondary N) is 1. The lowest BCUT2D eigenvalue weighted by molar-refractivity contribution is -0.116. The van der Waals surface area contributed by atoms with Crippen LogP contribution in [-0.4, -0.2) is 12.5 Å². The van der Waals surface area contributed by atoms with Crippen LogP contribution in [0.4, 0.5) is 10.1 Å². The topological polar surface area (TPSA) is 38.3 Å². The summed E-state index contributed by atoms with van der Waals surface area (Å²) in [6.45, 7) is 2.54. The molecule has 0 heterocycles. The zero-order chi connectivity index (χ0) is 16.7. The Hall–Kier alpha value is -1.88. The van der Waals surface area contributed by atoms with Crippen LogP contribution in [0.2, 0.25) is 0 Å². The maximum Gasteiger partial charge on any atom is 0.224 e. The molecule has 5 heteroatoms. The third kappa shape index (κ3) is 5.67. The number of anilines is 1. The lowest BCUT2D eigenvalue weighted by atomic mass is 10.2. The van der Waals surface area contributed by atoms with Gasteiger partial charge in [0.15, 0.2) is 0 Å². The lowest BCUT2D eigenvalue weighted by Crippen LogP contribution is -2.13. The summed E-state index contributed by atoms with van der Waals surface area (Å²) in [5, 5.41) is 2.66. The van der Waals surface area contributed by atoms with Gasteiger partial charge in [0.05, 0.1) is 11.1 Å². The molecule has 0 aliphatic rings. The van der Waals surface area contributed by atoms with Crippen molar-refractivity contribution in [1.82, 2.24) is 0 Å². The minimum atomic E-state index is -0.369. The molecule has 2 aromatic carbocycles. The van der Waals surface area contributed by atoms with Crippen molar-refractivity contribution in [3.63, 3.8) is 0 Å². The van der Waals surface area contributed by atoms with Crippen LogP contribution in [0.1, 0.15) is 25.3 Å². The van der Waals surface area contributed by atoms with Crippen LogP contribution in [0.15, 0.2) is 46.9 Å². The van der Waals surface area contributed by atoms with E-state index >= 15 is 0 Å². The Bertz CT molecular complexity index is 676. The Morgan fingerprint density at radius 3 is 2.78 bits per heavy atom. The van der Waals surface area contributed by atoms with E-state index in [1.54, 1.807) is 12.1 Å². The van der Waals surface area contributed by atoms with Crippen LogP contribution in [0.25, 0.3) is 0 Å². The van der Waals surface area contributed by atoms with Crippen molar-refractivity contribution < 1.29 is 13.9 Å². The molecule has 0 fully saturated rings. The molecular formula is C18H19BrFNO2. The minimum Gasteiger partial charge on any atom is -0.492 e. The smallest absolute Gasteiger partial charge is 0.224 e. The number of ether oxygens (including phenoxy) is 1. The summed E-state index contributed by atoms with van der Waals surface area (Å²) >= 11 is 3.48. The van der Waals surface area contributed by atoms with Gasteiger partial charge < -0.3 is 10.1 Å². The van der Waals surface area contributed by atoms with Crippen molar-refractivity contribution in [2.75, 3.05) is 11.9 Å². The Labute approximate surface area is 144 Å². The predicted molar refractivity (Wildman–Crippen MR) is 93.3 cm³/mol. The molecule has 23 heavy (non-hydrogen) atoms. The highest BCUT2D eigenvalue weighted by Crippen LogP contribution is 2.26. The van der Waals surface area contributed by atoms with Gasteiger partial charge in [0, 0.05) is 12.1 Å². The highest BCUT2D eigenvalue weighted by atomic mass is 79.9. The lowest BCUT2D eigenvalue weighted by Gasteiger charge is -2.09. The fourth-order valence-electron chi connectivity index (χ4n) is 2.09. The molecule has 1 N–H and O–H groups in total. The van der Waals surface area contributed by atoms with Crippen molar-refractivity contribution in [1.29, 1.82) is 0 Å². The number of amides is 1. The molecule has 0 spiro atoms. The van der Waals surface area contributed by atoms with E-state index in [2.05, 4.69) is 28.2 Å². The Balaban J connectivity index is 1.73. The van der Waals surface area contributed by atoms with Crippen molar-refractivity contribution in [3.8, 4) is 5.75 Å². The maximum atomic E-state index is 13.0. The molecule has 2 rings (SSSR count). The zero-order valence-corrected chi connectivity index (χ0v) is 14.5. The number of aryl methyl sites for hydroxylation is 1. The summed E-state index contributed by atoms with van der Waals surface area (Å²) in [4.78, 5) is 11.8. The van der Waals surface area contributed by atoms with E-state index in [9.17, 15) is 9.18 Å². The standard InChI is InChI=1S/C18H19BrFNO2/c1-2-13-8-9-17(16(19)11-13)23-10-4-7-18(22)21-15-6-3-5-14(20)12-15/h3,5-6,8-9,11-12H,2,4,7,10H2,1H3,(H,21,22). The van der Waals surface area contributed by atoms with E-state index in [4.69, 9.17) is 4.74 Å². The number of hydrogen-bond acceptors (Lipinski definition) is 2. The molecule has 0 saturated carbocycles. The van der Waals surface area contributed by atoms with Gasteiger partial charge in [0.25, 0.3) is 0 Å². The van der Waals surface area contributed by atoms with Crippen molar-refractivity contribution >= 4 is 27.5 Å². The van der Waals surface area contributed by atoms with Gasteiger partial charge in [-0.15, -0.1) is 0 Å². The van der Waals surface area contributed by atoms with E-state index in [0.29, 0.717) is 25.1 Å². The molecule has 0 bridgehead atoms. The van der Waals surface area contributed by atoms with Gasteiger partial charge >= 0.3 is 0 Å². The van der Waals surface area contributed by atoms with Gasteiger partial charge in [-0.1, -0.05) is 19.1 Å². The molecule has 0 aliphatic heterocycles. The summed E-state index contributed by atoms with van der Waals surface area (Å²) < 4.78 is 19.6. The van der Waals surface area contributed by atoms with Crippen molar-refractivity contribution in [2.24, 2.45) is 0 Å². The first kappa shape index (κ1) is 17.5. The second kappa shape index (κ2) is 8.67. The van der Waals surface area contributed by atoms with Crippen molar-refractivity contribution in [3.05, 3.63) is 58.3 Å². The molecule has 1 amide bonds. The number of carbonyl (C=O) groups excluding carboxylic acids is 1. The number of benzene rings is 2. The molecule has 0 aliphatic carbocycles. The number of hydrogen-bond donors (Lipinski definition) is 1. The second-order valence-corrected chi connectivity index (χ2v) is 5.98. The molecule has 0 unspecified atom stereocenters. The molecular weight excluding hydrogens is 361 g/mol. The Morgan fingerprint density at radius 1 is 1.26 bits per heavy atom. The van der Waals surface area contributed by atoms with Crippen LogP contribution >= 0.6 is 15.9 Å². The largest absolute Gasteiger partial charge is 0.492 e. The normalized spacial score (nSPS) is 10.4. The fourth-order valence-corrected chi connectivity index (χ4v) is 2.63. The van der Waals surface area contributed by atoms with Crippen LogP contribution in [-0.2, 0) is 11.2 Å². The summed E-state index contributed by atoms with van der Waals surface area (Å²) in [7, 11) is 0. The van der Waals surface area contributed by atoms with E-state index in [1.165, 1.54) is 17.7 Å². The molecule has 0 atom stereocenters. The molecule has 122 valence electrons. The van der Waals surface area contributed by atoms with E-state index in [-0.39, 0.29) is 11.7 Å². The van der Waals surface area contributed by atoms with Gasteiger partial charge in [-0.2, -0.15) is 0 Å². The molecule has 2 aromatic rings. The number of carbonyl (C=O) groups is 1. The molecule has 0 saturated heterocycles. The second-order valence-electron chi connectivity index (χ2n) is 5.13. The first-order valence-corrected chi connectivity index (χ1v) is 8.34. The summed E-state index contributed by atoms with van der Waals surface area (Å²) in [5.74, 6) is 0.249. The van der Waals surface area contributed by atoms with Gasteiger partial charge in [-0.3, -0.25) is 4.79 Å². The first-order chi connectivity index (χ1) is 11.1. The Morgan fingerprint density at radius 2 is 2.09 bits per heavy atom. The summed E-state index contributed by atoms with van der Waals surface area (Å²) in [6.07, 6.45) is 1.88. The maximum absolute atomic E-state index is 13.0.